The van der Waals surface area contributed by atoms with Crippen molar-refractivity contribution in [2.75, 3.05) is 18.5 Å². The summed E-state index contributed by atoms with van der Waals surface area (Å²) in [6.45, 7) is 3.99. The zero-order valence-corrected chi connectivity index (χ0v) is 15.4. The van der Waals surface area contributed by atoms with E-state index in [9.17, 15) is 14.4 Å². The molecule has 0 saturated carbocycles. The summed E-state index contributed by atoms with van der Waals surface area (Å²) >= 11 is 0. The Morgan fingerprint density at radius 2 is 1.96 bits per heavy atom. The van der Waals surface area contributed by atoms with Crippen LogP contribution >= 0.6 is 0 Å². The van der Waals surface area contributed by atoms with Gasteiger partial charge in [0.15, 0.2) is 6.61 Å². The van der Waals surface area contributed by atoms with Crippen molar-refractivity contribution < 1.29 is 23.5 Å². The number of carbonyl (C=O) groups is 3. The van der Waals surface area contributed by atoms with Gasteiger partial charge in [0.05, 0.1) is 18.7 Å². The van der Waals surface area contributed by atoms with E-state index in [2.05, 4.69) is 5.32 Å². The molecule has 2 amide bonds. The van der Waals surface area contributed by atoms with Crippen molar-refractivity contribution in [1.82, 2.24) is 4.90 Å². The van der Waals surface area contributed by atoms with E-state index >= 15 is 0 Å². The second-order valence-electron chi connectivity index (χ2n) is 6.68. The number of furan rings is 1. The van der Waals surface area contributed by atoms with Crippen LogP contribution in [0.25, 0.3) is 0 Å². The number of ether oxygens (including phenoxy) is 1. The van der Waals surface area contributed by atoms with Gasteiger partial charge in [-0.3, -0.25) is 14.4 Å². The molecule has 2 aromatic rings. The lowest BCUT2D eigenvalue weighted by molar-refractivity contribution is -0.151. The van der Waals surface area contributed by atoms with Gasteiger partial charge in [0.25, 0.3) is 5.91 Å². The number of para-hydroxylation sites is 1. The first-order valence-electron chi connectivity index (χ1n) is 8.77. The van der Waals surface area contributed by atoms with Crippen molar-refractivity contribution in [2.45, 2.75) is 26.8 Å². The number of nitrogens with zero attached hydrogens (tertiary/aromatic N) is 1. The number of benzene rings is 1. The third-order valence-electron chi connectivity index (χ3n) is 4.57. The highest BCUT2D eigenvalue weighted by atomic mass is 16.5. The fourth-order valence-electron chi connectivity index (χ4n) is 3.12. The lowest BCUT2D eigenvalue weighted by atomic mass is 10.1. The first-order chi connectivity index (χ1) is 12.9. The van der Waals surface area contributed by atoms with Gasteiger partial charge in [-0.25, -0.2) is 0 Å². The van der Waals surface area contributed by atoms with Crippen LogP contribution in [0.1, 0.15) is 23.3 Å². The molecule has 7 heteroatoms. The van der Waals surface area contributed by atoms with Crippen LogP contribution in [-0.4, -0.2) is 35.8 Å². The van der Waals surface area contributed by atoms with E-state index in [4.69, 9.17) is 9.15 Å². The zero-order chi connectivity index (χ0) is 19.4. The number of anilines is 1. The minimum absolute atomic E-state index is 0.0814. The zero-order valence-electron chi connectivity index (χ0n) is 15.4. The van der Waals surface area contributed by atoms with Gasteiger partial charge in [-0.15, -0.1) is 0 Å². The Labute approximate surface area is 157 Å². The molecule has 7 nitrogen and oxygen atoms in total. The molecular formula is C20H22N2O5. The first-order valence-corrected chi connectivity index (χ1v) is 8.77. The van der Waals surface area contributed by atoms with E-state index in [-0.39, 0.29) is 25.5 Å². The molecule has 27 heavy (non-hydrogen) atoms. The van der Waals surface area contributed by atoms with Crippen LogP contribution < -0.4 is 5.32 Å². The lowest BCUT2D eigenvalue weighted by Gasteiger charge is -2.15. The van der Waals surface area contributed by atoms with Crippen molar-refractivity contribution in [3.05, 3.63) is 53.5 Å². The van der Waals surface area contributed by atoms with E-state index in [1.807, 2.05) is 32.0 Å². The summed E-state index contributed by atoms with van der Waals surface area (Å²) in [6.07, 6.45) is 1.62. The fraction of sp³-hybridized carbons (Fsp3) is 0.350. The van der Waals surface area contributed by atoms with Crippen LogP contribution in [0.5, 0.6) is 0 Å². The Morgan fingerprint density at radius 1 is 1.22 bits per heavy atom. The highest BCUT2D eigenvalue weighted by Crippen LogP contribution is 2.22. The Hall–Kier alpha value is -3.09. The smallest absolute Gasteiger partial charge is 0.311 e. The van der Waals surface area contributed by atoms with Gasteiger partial charge < -0.3 is 19.4 Å². The minimum atomic E-state index is -0.569. The molecule has 1 aliphatic rings. The molecule has 2 heterocycles. The molecule has 0 aliphatic carbocycles. The Morgan fingerprint density at radius 3 is 2.63 bits per heavy atom. The number of amides is 2. The van der Waals surface area contributed by atoms with Crippen LogP contribution in [0.4, 0.5) is 5.69 Å². The maximum atomic E-state index is 12.2. The van der Waals surface area contributed by atoms with Crippen LogP contribution in [0.15, 0.2) is 41.0 Å². The molecule has 142 valence electrons. The number of carbonyl (C=O) groups excluding carboxylic acids is 3. The van der Waals surface area contributed by atoms with E-state index in [1.54, 1.807) is 17.0 Å². The van der Waals surface area contributed by atoms with Crippen molar-refractivity contribution >= 4 is 23.5 Å². The summed E-state index contributed by atoms with van der Waals surface area (Å²) in [4.78, 5) is 37.9. The Balaban J connectivity index is 1.49. The molecule has 1 saturated heterocycles. The van der Waals surface area contributed by atoms with Gasteiger partial charge in [0, 0.05) is 18.7 Å². The Kier molecular flexibility index (Phi) is 5.59. The van der Waals surface area contributed by atoms with E-state index in [0.717, 1.165) is 16.8 Å². The van der Waals surface area contributed by atoms with Crippen molar-refractivity contribution in [3.63, 3.8) is 0 Å². The average molecular weight is 370 g/mol. The number of likely N-dealkylation sites (tertiary alicyclic amines) is 1. The summed E-state index contributed by atoms with van der Waals surface area (Å²) in [5.41, 5.74) is 2.59. The molecule has 0 spiro atoms. The summed E-state index contributed by atoms with van der Waals surface area (Å²) < 4.78 is 10.3. The van der Waals surface area contributed by atoms with Gasteiger partial charge in [-0.05, 0) is 37.1 Å². The third kappa shape index (κ3) is 4.55. The highest BCUT2D eigenvalue weighted by Gasteiger charge is 2.35. The largest absolute Gasteiger partial charge is 0.467 e. The van der Waals surface area contributed by atoms with Crippen molar-refractivity contribution in [1.29, 1.82) is 0 Å². The molecule has 1 N–H and O–H groups in total. The number of aryl methyl sites for hydroxylation is 2. The predicted molar refractivity (Wildman–Crippen MR) is 97.7 cm³/mol. The summed E-state index contributed by atoms with van der Waals surface area (Å²) in [7, 11) is 0. The van der Waals surface area contributed by atoms with Crippen molar-refractivity contribution in [2.24, 2.45) is 5.92 Å². The molecule has 0 bridgehead atoms. The van der Waals surface area contributed by atoms with Gasteiger partial charge >= 0.3 is 5.97 Å². The summed E-state index contributed by atoms with van der Waals surface area (Å²) in [5, 5.41) is 2.77. The number of nitrogens with one attached hydrogen (secondary N) is 1. The second-order valence-corrected chi connectivity index (χ2v) is 6.68. The quantitative estimate of drug-likeness (QED) is 0.789. The number of esters is 1. The molecular weight excluding hydrogens is 348 g/mol. The fourth-order valence-corrected chi connectivity index (χ4v) is 3.12. The summed E-state index contributed by atoms with van der Waals surface area (Å²) in [6, 6.07) is 9.22. The van der Waals surface area contributed by atoms with E-state index < -0.39 is 17.8 Å². The molecule has 0 radical (unpaired) electrons. The van der Waals surface area contributed by atoms with Crippen LogP contribution in [0.2, 0.25) is 0 Å². The number of rotatable bonds is 6. The SMILES string of the molecule is Cc1cccc(C)c1NC(=O)COC(=O)[C@@H]1CC(=O)N(Cc2ccco2)C1. The van der Waals surface area contributed by atoms with E-state index in [1.165, 1.54) is 6.26 Å². The second kappa shape index (κ2) is 8.07. The monoisotopic (exact) mass is 370 g/mol. The molecule has 3 rings (SSSR count). The normalized spacial score (nSPS) is 16.4. The van der Waals surface area contributed by atoms with Crippen LogP contribution in [0.3, 0.4) is 0 Å². The topological polar surface area (TPSA) is 88.8 Å². The third-order valence-corrected chi connectivity index (χ3v) is 4.57. The average Bonchev–Trinajstić information content (AvgIpc) is 3.27. The highest BCUT2D eigenvalue weighted by molar-refractivity contribution is 5.94. The van der Waals surface area contributed by atoms with E-state index in [0.29, 0.717) is 12.3 Å². The molecule has 0 unspecified atom stereocenters. The molecule has 1 aromatic heterocycles. The first kappa shape index (κ1) is 18.7. The Bertz CT molecular complexity index is 824. The maximum absolute atomic E-state index is 12.2. The molecule has 1 aliphatic heterocycles. The van der Waals surface area contributed by atoms with Crippen LogP contribution in [-0.2, 0) is 25.7 Å². The van der Waals surface area contributed by atoms with Gasteiger partial charge in [-0.2, -0.15) is 0 Å². The predicted octanol–water partition coefficient (Wildman–Crippen LogP) is 2.43. The number of hydrogen-bond donors (Lipinski definition) is 1. The van der Waals surface area contributed by atoms with Gasteiger partial charge in [0.2, 0.25) is 5.91 Å². The van der Waals surface area contributed by atoms with Crippen LogP contribution in [0, 0.1) is 19.8 Å². The molecule has 1 fully saturated rings. The number of hydrogen-bond acceptors (Lipinski definition) is 5. The lowest BCUT2D eigenvalue weighted by Crippen LogP contribution is -2.28. The maximum Gasteiger partial charge on any atom is 0.311 e. The standard InChI is InChI=1S/C20H22N2O5/c1-13-5-3-6-14(2)19(13)21-17(23)12-27-20(25)15-9-18(24)22(10-15)11-16-7-4-8-26-16/h3-8,15H,9-12H2,1-2H3,(H,21,23)/t15-/m1/s1. The van der Waals surface area contributed by atoms with Gasteiger partial charge in [0.1, 0.15) is 5.76 Å². The molecule has 1 aromatic carbocycles. The van der Waals surface area contributed by atoms with Gasteiger partial charge in [-0.1, -0.05) is 18.2 Å². The minimum Gasteiger partial charge on any atom is -0.467 e. The summed E-state index contributed by atoms with van der Waals surface area (Å²) in [5.74, 6) is -0.987. The molecule has 1 atom stereocenters. The van der Waals surface area contributed by atoms with Crippen molar-refractivity contribution in [3.8, 4) is 0 Å².